The van der Waals surface area contributed by atoms with Crippen molar-refractivity contribution in [3.63, 3.8) is 0 Å². The van der Waals surface area contributed by atoms with Crippen LogP contribution in [0, 0.1) is 11.3 Å². The number of allylic oxidation sites excluding steroid dienone is 2. The van der Waals surface area contributed by atoms with Crippen LogP contribution in [0.3, 0.4) is 0 Å². The number of rotatable bonds is 12. The fourth-order valence-electron chi connectivity index (χ4n) is 5.41. The van der Waals surface area contributed by atoms with E-state index in [0.29, 0.717) is 11.1 Å². The largest absolute Gasteiger partial charge is 0.461 e. The number of ether oxygens (including phenoxy) is 5. The molecule has 0 bridgehead atoms. The first kappa shape index (κ1) is 35.9. The molecule has 4 aromatic rings. The zero-order valence-electron chi connectivity index (χ0n) is 27.9. The summed E-state index contributed by atoms with van der Waals surface area (Å²) in [7, 11) is 0. The van der Waals surface area contributed by atoms with E-state index in [2.05, 4.69) is 0 Å². The highest BCUT2D eigenvalue weighted by Gasteiger charge is 2.40. The third kappa shape index (κ3) is 8.51. The molecule has 3 unspecified atom stereocenters. The van der Waals surface area contributed by atoms with Crippen molar-refractivity contribution < 1.29 is 52.1 Å². The predicted octanol–water partition coefficient (Wildman–Crippen LogP) is 3.95. The van der Waals surface area contributed by atoms with Crippen LogP contribution in [0.1, 0.15) is 31.1 Å². The molecule has 3 atom stereocenters. The summed E-state index contributed by atoms with van der Waals surface area (Å²) in [6, 6.07) is 19.5. The van der Waals surface area contributed by atoms with Gasteiger partial charge in [-0.2, -0.15) is 0 Å². The van der Waals surface area contributed by atoms with Gasteiger partial charge in [0.05, 0.1) is 11.1 Å². The van der Waals surface area contributed by atoms with Gasteiger partial charge in [0.25, 0.3) is 0 Å². The average Bonchev–Trinajstić information content (AvgIpc) is 3.16. The van der Waals surface area contributed by atoms with Gasteiger partial charge in [0.15, 0.2) is 0 Å². The second kappa shape index (κ2) is 15.5. The first-order valence-electron chi connectivity index (χ1n) is 16.2. The van der Waals surface area contributed by atoms with Crippen LogP contribution in [-0.4, -0.2) is 62.4 Å². The van der Waals surface area contributed by atoms with E-state index >= 15 is 0 Å². The Morgan fingerprint density at radius 3 is 2.02 bits per heavy atom. The van der Waals surface area contributed by atoms with Crippen LogP contribution in [-0.2, 0) is 33.3 Å². The molecule has 6 rings (SSSR count). The third-order valence-electron chi connectivity index (χ3n) is 8.33. The standard InChI is InChI=1S/C39H32N2O12/c40-27-14-12-23(13-15-27)33(42)48-19-39(20-49-34(43)26-8-5-9-28(41)16-26,21-50-35(44)29-17-24-6-1-3-10-31(24)52-37(29)46)22-51-36(45)30-18-25-7-2-4-11-32(25)53-38(30)47/h1-18,24,31H,19-22,40-41H2. The van der Waals surface area contributed by atoms with Crippen molar-refractivity contribution in [2.75, 3.05) is 37.9 Å². The third-order valence-corrected chi connectivity index (χ3v) is 8.33. The van der Waals surface area contributed by atoms with Gasteiger partial charge in [0, 0.05) is 22.7 Å². The molecule has 270 valence electrons. The van der Waals surface area contributed by atoms with Crippen molar-refractivity contribution in [1.29, 1.82) is 0 Å². The van der Waals surface area contributed by atoms with Crippen LogP contribution in [0.15, 0.2) is 124 Å². The van der Waals surface area contributed by atoms with Gasteiger partial charge in [-0.3, -0.25) is 0 Å². The molecular formula is C39H32N2O12. The number of hydrogen-bond donors (Lipinski definition) is 2. The normalized spacial score (nSPS) is 17.1. The molecule has 14 heteroatoms. The number of carbonyl (C=O) groups is 5. The van der Waals surface area contributed by atoms with Gasteiger partial charge in [-0.05, 0) is 60.7 Å². The summed E-state index contributed by atoms with van der Waals surface area (Å²) in [5.41, 5.74) is 9.02. The molecule has 2 heterocycles. The SMILES string of the molecule is Nc1ccc(C(=O)OCC(COC(=O)C2=CC3C=CC=CC3OC2=O)(COC(=O)c2cccc(N)c2)COC(=O)c2cc3ccccc3oc2=O)cc1. The van der Waals surface area contributed by atoms with Gasteiger partial charge >= 0.3 is 35.5 Å². The highest BCUT2D eigenvalue weighted by Crippen LogP contribution is 2.28. The van der Waals surface area contributed by atoms with Crippen LogP contribution in [0.25, 0.3) is 11.0 Å². The molecule has 14 nitrogen and oxygen atoms in total. The minimum atomic E-state index is -1.81. The Morgan fingerprint density at radius 2 is 1.30 bits per heavy atom. The van der Waals surface area contributed by atoms with E-state index in [1.807, 2.05) is 0 Å². The minimum Gasteiger partial charge on any atom is -0.461 e. The Balaban J connectivity index is 1.30. The average molecular weight is 721 g/mol. The lowest BCUT2D eigenvalue weighted by Crippen LogP contribution is -2.44. The number of para-hydroxylation sites is 1. The lowest BCUT2D eigenvalue weighted by molar-refractivity contribution is -0.154. The van der Waals surface area contributed by atoms with Crippen LogP contribution in [0.2, 0.25) is 0 Å². The van der Waals surface area contributed by atoms with Crippen LogP contribution in [0.5, 0.6) is 0 Å². The van der Waals surface area contributed by atoms with Gasteiger partial charge < -0.3 is 39.6 Å². The maximum atomic E-state index is 13.4. The molecule has 1 aliphatic heterocycles. The van der Waals surface area contributed by atoms with Crippen LogP contribution in [0.4, 0.5) is 11.4 Å². The van der Waals surface area contributed by atoms with Crippen molar-refractivity contribution >= 4 is 52.2 Å². The molecule has 3 aromatic carbocycles. The first-order valence-corrected chi connectivity index (χ1v) is 16.2. The lowest BCUT2D eigenvalue weighted by Gasteiger charge is -2.32. The summed E-state index contributed by atoms with van der Waals surface area (Å²) >= 11 is 0. The zero-order chi connectivity index (χ0) is 37.5. The maximum absolute atomic E-state index is 13.4. The molecule has 0 saturated heterocycles. The van der Waals surface area contributed by atoms with Crippen molar-refractivity contribution in [2.45, 2.75) is 6.10 Å². The molecule has 4 N–H and O–H groups in total. The summed E-state index contributed by atoms with van der Waals surface area (Å²) in [5.74, 6) is -5.30. The van der Waals surface area contributed by atoms with Crippen molar-refractivity contribution in [3.05, 3.63) is 142 Å². The first-order chi connectivity index (χ1) is 25.5. The van der Waals surface area contributed by atoms with E-state index < -0.39 is 90.5 Å². The van der Waals surface area contributed by atoms with Gasteiger partial charge in [0.2, 0.25) is 0 Å². The summed E-state index contributed by atoms with van der Waals surface area (Å²) in [5, 5.41) is 0.436. The summed E-state index contributed by atoms with van der Waals surface area (Å²) in [6.07, 6.45) is 7.65. The monoisotopic (exact) mass is 720 g/mol. The number of benzene rings is 3. The molecule has 0 saturated carbocycles. The zero-order valence-corrected chi connectivity index (χ0v) is 27.9. The molecule has 2 aliphatic rings. The van der Waals surface area contributed by atoms with Crippen LogP contribution < -0.4 is 17.1 Å². The molecule has 1 aliphatic carbocycles. The maximum Gasteiger partial charge on any atom is 0.351 e. The van der Waals surface area contributed by atoms with E-state index in [1.165, 1.54) is 54.6 Å². The number of esters is 5. The topological polar surface area (TPSA) is 214 Å². The molecule has 0 spiro atoms. The van der Waals surface area contributed by atoms with Gasteiger partial charge in [-0.15, -0.1) is 0 Å². The number of carbonyl (C=O) groups excluding carboxylic acids is 5. The molecule has 1 aromatic heterocycles. The van der Waals surface area contributed by atoms with Gasteiger partial charge in [-0.1, -0.05) is 48.6 Å². The fourth-order valence-corrected chi connectivity index (χ4v) is 5.41. The molecule has 0 fully saturated rings. The Hall–Kier alpha value is -6.96. The summed E-state index contributed by atoms with van der Waals surface area (Å²) < 4.78 is 33.0. The minimum absolute atomic E-state index is 0.0692. The van der Waals surface area contributed by atoms with Gasteiger partial charge in [-0.25, -0.2) is 28.8 Å². The summed E-state index contributed by atoms with van der Waals surface area (Å²) in [4.78, 5) is 78.7. The van der Waals surface area contributed by atoms with E-state index in [9.17, 15) is 28.8 Å². The van der Waals surface area contributed by atoms with E-state index in [4.69, 9.17) is 39.6 Å². The van der Waals surface area contributed by atoms with E-state index in [1.54, 1.807) is 54.6 Å². The number of nitrogens with two attached hydrogens (primary N) is 2. The second-order valence-corrected chi connectivity index (χ2v) is 12.3. The Morgan fingerprint density at radius 1 is 0.660 bits per heavy atom. The predicted molar refractivity (Wildman–Crippen MR) is 188 cm³/mol. The molecular weight excluding hydrogens is 688 g/mol. The number of fused-ring (bicyclic) bond motifs is 2. The van der Waals surface area contributed by atoms with Crippen molar-refractivity contribution in [1.82, 2.24) is 0 Å². The van der Waals surface area contributed by atoms with E-state index in [0.717, 1.165) is 0 Å². The van der Waals surface area contributed by atoms with Crippen LogP contribution >= 0.6 is 0 Å². The number of nitrogen functional groups attached to an aromatic ring is 2. The Kier molecular flexibility index (Phi) is 10.5. The highest BCUT2D eigenvalue weighted by atomic mass is 16.6. The summed E-state index contributed by atoms with van der Waals surface area (Å²) in [6.45, 7) is -2.77. The quantitative estimate of drug-likeness (QED) is 0.0697. The lowest BCUT2D eigenvalue weighted by atomic mass is 9.91. The Bertz CT molecular complexity index is 2240. The smallest absolute Gasteiger partial charge is 0.351 e. The highest BCUT2D eigenvalue weighted by molar-refractivity contribution is 6.14. The number of hydrogen-bond acceptors (Lipinski definition) is 14. The second-order valence-electron chi connectivity index (χ2n) is 12.3. The van der Waals surface area contributed by atoms with Gasteiger partial charge in [0.1, 0.15) is 54.7 Å². The number of anilines is 2. The molecule has 0 amide bonds. The Labute approximate surface area is 301 Å². The van der Waals surface area contributed by atoms with E-state index in [-0.39, 0.29) is 22.4 Å². The fraction of sp³-hybridized carbons (Fsp3) is 0.179. The van der Waals surface area contributed by atoms with Crippen molar-refractivity contribution in [3.8, 4) is 0 Å². The van der Waals surface area contributed by atoms with Crippen molar-refractivity contribution in [2.24, 2.45) is 11.3 Å². The molecule has 53 heavy (non-hydrogen) atoms. The molecule has 0 radical (unpaired) electrons.